The molecule has 32 heavy (non-hydrogen) atoms. The van der Waals surface area contributed by atoms with Gasteiger partial charge in [-0.15, -0.1) is 0 Å². The number of thioether (sulfide) groups is 1. The molecule has 2 heterocycles. The molecule has 1 fully saturated rings. The number of nitrogens with zero attached hydrogens (tertiary/aromatic N) is 1. The average Bonchev–Trinajstić information content (AvgIpc) is 3.07. The maximum atomic E-state index is 13.1. The lowest BCUT2D eigenvalue weighted by Crippen LogP contribution is -2.40. The number of methoxy groups -OCH3 is 2. The van der Waals surface area contributed by atoms with Crippen molar-refractivity contribution in [1.82, 2.24) is 4.90 Å². The number of hydrogen-bond donors (Lipinski definition) is 1. The maximum Gasteiger partial charge on any atom is 0.338 e. The highest BCUT2D eigenvalue weighted by molar-refractivity contribution is 8.04. The zero-order valence-electron chi connectivity index (χ0n) is 18.6. The van der Waals surface area contributed by atoms with E-state index in [1.165, 1.54) is 30.9 Å². The van der Waals surface area contributed by atoms with Gasteiger partial charge in [-0.2, -0.15) is 0 Å². The number of fused-ring (bicyclic) bond motifs is 1. The highest BCUT2D eigenvalue weighted by Crippen LogP contribution is 2.50. The lowest BCUT2D eigenvalue weighted by atomic mass is 9.82. The van der Waals surface area contributed by atoms with Crippen LogP contribution < -0.4 is 15.2 Å². The standard InChI is InChI=1S/C22H26N2O7S/c1-6-30-21(26)16-15(12-8-9-13(28-4)14(10-12)29-5)17(22(27)31-7-2)20-24(18(16)23)19(25)11(3)32-20/h8-11,15H,6-7,23H2,1-5H3. The van der Waals surface area contributed by atoms with E-state index in [-0.39, 0.29) is 36.1 Å². The van der Waals surface area contributed by atoms with Gasteiger partial charge in [-0.3, -0.25) is 9.69 Å². The Morgan fingerprint density at radius 1 is 1.03 bits per heavy atom. The molecular weight excluding hydrogens is 436 g/mol. The predicted octanol–water partition coefficient (Wildman–Crippen LogP) is 2.27. The molecule has 2 unspecified atom stereocenters. The third-order valence-electron chi connectivity index (χ3n) is 5.12. The Labute approximate surface area is 190 Å². The molecule has 172 valence electrons. The Balaban J connectivity index is 2.32. The van der Waals surface area contributed by atoms with E-state index in [2.05, 4.69) is 0 Å². The number of ether oxygens (including phenoxy) is 4. The molecule has 2 aliphatic heterocycles. The van der Waals surface area contributed by atoms with E-state index in [4.69, 9.17) is 24.7 Å². The fraction of sp³-hybridized carbons (Fsp3) is 0.409. The molecule has 9 nitrogen and oxygen atoms in total. The molecule has 1 aromatic carbocycles. The Kier molecular flexibility index (Phi) is 7.02. The van der Waals surface area contributed by atoms with Crippen LogP contribution in [-0.2, 0) is 23.9 Å². The minimum Gasteiger partial charge on any atom is -0.493 e. The van der Waals surface area contributed by atoms with E-state index < -0.39 is 23.1 Å². The predicted molar refractivity (Wildman–Crippen MR) is 118 cm³/mol. The molecule has 1 saturated heterocycles. The molecule has 10 heteroatoms. The third kappa shape index (κ3) is 3.90. The molecule has 2 aliphatic rings. The van der Waals surface area contributed by atoms with Gasteiger partial charge >= 0.3 is 11.9 Å². The SMILES string of the molecule is CCOC(=O)C1=C(N)N2C(=O)C(C)SC2=C(C(=O)OCC)C1c1ccc(OC)c(OC)c1. The van der Waals surface area contributed by atoms with Crippen molar-refractivity contribution in [2.45, 2.75) is 31.9 Å². The summed E-state index contributed by atoms with van der Waals surface area (Å²) in [6.45, 7) is 5.27. The van der Waals surface area contributed by atoms with Gasteiger partial charge in [0.05, 0.1) is 54.8 Å². The fourth-order valence-corrected chi connectivity index (χ4v) is 4.87. The Morgan fingerprint density at radius 3 is 2.19 bits per heavy atom. The summed E-state index contributed by atoms with van der Waals surface area (Å²) in [5, 5.41) is -0.133. The Morgan fingerprint density at radius 2 is 1.62 bits per heavy atom. The fourth-order valence-electron chi connectivity index (χ4n) is 3.71. The normalized spacial score (nSPS) is 20.3. The molecule has 0 spiro atoms. The van der Waals surface area contributed by atoms with E-state index in [1.54, 1.807) is 39.0 Å². The van der Waals surface area contributed by atoms with Gasteiger partial charge < -0.3 is 24.7 Å². The maximum absolute atomic E-state index is 13.1. The zero-order valence-corrected chi connectivity index (χ0v) is 19.4. The minimum absolute atomic E-state index is 0.00563. The number of hydrogen-bond acceptors (Lipinski definition) is 9. The van der Waals surface area contributed by atoms with Gasteiger partial charge in [0.2, 0.25) is 5.91 Å². The van der Waals surface area contributed by atoms with Crippen LogP contribution in [0.25, 0.3) is 0 Å². The highest BCUT2D eigenvalue weighted by Gasteiger charge is 2.49. The summed E-state index contributed by atoms with van der Waals surface area (Å²) in [4.78, 5) is 40.2. The van der Waals surface area contributed by atoms with Gasteiger partial charge in [0.1, 0.15) is 5.82 Å². The molecule has 3 rings (SSSR count). The number of benzene rings is 1. The summed E-state index contributed by atoms with van der Waals surface area (Å²) in [6, 6.07) is 5.04. The second-order valence-corrected chi connectivity index (χ2v) is 8.27. The number of amides is 1. The van der Waals surface area contributed by atoms with Gasteiger partial charge in [-0.1, -0.05) is 17.8 Å². The van der Waals surface area contributed by atoms with Crippen LogP contribution in [0.15, 0.2) is 40.2 Å². The van der Waals surface area contributed by atoms with Crippen LogP contribution in [0.1, 0.15) is 32.3 Å². The van der Waals surface area contributed by atoms with Crippen molar-refractivity contribution in [3.05, 3.63) is 45.8 Å². The van der Waals surface area contributed by atoms with Crippen molar-refractivity contribution in [1.29, 1.82) is 0 Å². The van der Waals surface area contributed by atoms with Crippen molar-refractivity contribution < 1.29 is 33.3 Å². The summed E-state index contributed by atoms with van der Waals surface area (Å²) in [7, 11) is 2.99. The molecule has 0 saturated carbocycles. The molecule has 2 N–H and O–H groups in total. The van der Waals surface area contributed by atoms with Crippen LogP contribution in [0.2, 0.25) is 0 Å². The van der Waals surface area contributed by atoms with Crippen LogP contribution in [0.5, 0.6) is 11.5 Å². The van der Waals surface area contributed by atoms with Gasteiger partial charge in [0.25, 0.3) is 0 Å². The topological polar surface area (TPSA) is 117 Å². The second kappa shape index (κ2) is 9.56. The summed E-state index contributed by atoms with van der Waals surface area (Å²) in [5.41, 5.74) is 7.05. The second-order valence-electron chi connectivity index (χ2n) is 6.94. The largest absolute Gasteiger partial charge is 0.493 e. The monoisotopic (exact) mass is 462 g/mol. The first kappa shape index (κ1) is 23.5. The number of nitrogens with two attached hydrogens (primary N) is 1. The molecule has 0 aliphatic carbocycles. The summed E-state index contributed by atoms with van der Waals surface area (Å²) in [5.74, 6) is -1.78. The van der Waals surface area contributed by atoms with Crippen molar-refractivity contribution >= 4 is 29.6 Å². The van der Waals surface area contributed by atoms with E-state index in [0.29, 0.717) is 22.1 Å². The highest BCUT2D eigenvalue weighted by atomic mass is 32.2. The molecule has 2 atom stereocenters. The first-order valence-electron chi connectivity index (χ1n) is 10.1. The Hall–Kier alpha value is -3.14. The zero-order chi connectivity index (χ0) is 23.6. The van der Waals surface area contributed by atoms with Crippen LogP contribution in [0.4, 0.5) is 0 Å². The summed E-state index contributed by atoms with van der Waals surface area (Å²) >= 11 is 1.20. The van der Waals surface area contributed by atoms with Crippen LogP contribution in [0.3, 0.4) is 0 Å². The quantitative estimate of drug-likeness (QED) is 0.609. The molecule has 1 amide bonds. The van der Waals surface area contributed by atoms with Crippen LogP contribution in [-0.4, -0.2) is 55.4 Å². The third-order valence-corrected chi connectivity index (χ3v) is 6.30. The van der Waals surface area contributed by atoms with E-state index in [9.17, 15) is 14.4 Å². The molecule has 0 aromatic heterocycles. The van der Waals surface area contributed by atoms with Gasteiger partial charge in [-0.25, -0.2) is 9.59 Å². The average molecular weight is 463 g/mol. The first-order chi connectivity index (χ1) is 15.3. The lowest BCUT2D eigenvalue weighted by molar-refractivity contribution is -0.139. The van der Waals surface area contributed by atoms with Crippen LogP contribution in [0, 0.1) is 0 Å². The first-order valence-corrected chi connectivity index (χ1v) is 11.0. The number of carbonyl (C=O) groups is 3. The number of esters is 2. The molecule has 0 radical (unpaired) electrons. The van der Waals surface area contributed by atoms with Crippen molar-refractivity contribution in [2.75, 3.05) is 27.4 Å². The molecule has 1 aromatic rings. The van der Waals surface area contributed by atoms with Crippen molar-refractivity contribution in [2.24, 2.45) is 5.73 Å². The van der Waals surface area contributed by atoms with Crippen LogP contribution >= 0.6 is 11.8 Å². The van der Waals surface area contributed by atoms with Crippen molar-refractivity contribution in [3.8, 4) is 11.5 Å². The smallest absolute Gasteiger partial charge is 0.338 e. The lowest BCUT2D eigenvalue weighted by Gasteiger charge is -2.33. The van der Waals surface area contributed by atoms with E-state index in [1.807, 2.05) is 0 Å². The van der Waals surface area contributed by atoms with E-state index >= 15 is 0 Å². The van der Waals surface area contributed by atoms with Gasteiger partial charge in [0, 0.05) is 0 Å². The minimum atomic E-state index is -0.926. The molecular formula is C22H26N2O7S. The summed E-state index contributed by atoms with van der Waals surface area (Å²) < 4.78 is 21.3. The number of carbonyl (C=O) groups excluding carboxylic acids is 3. The van der Waals surface area contributed by atoms with Gasteiger partial charge in [-0.05, 0) is 38.5 Å². The van der Waals surface area contributed by atoms with E-state index in [0.717, 1.165) is 0 Å². The summed E-state index contributed by atoms with van der Waals surface area (Å²) in [6.07, 6.45) is 0. The molecule has 0 bridgehead atoms. The van der Waals surface area contributed by atoms with Crippen molar-refractivity contribution in [3.63, 3.8) is 0 Å². The Bertz CT molecular complexity index is 1020. The number of rotatable bonds is 7. The van der Waals surface area contributed by atoms with Gasteiger partial charge in [0.15, 0.2) is 11.5 Å².